The number of aromatic nitrogens is 2. The molecule has 1 aromatic heterocycles. The van der Waals surface area contributed by atoms with E-state index in [9.17, 15) is 14.4 Å². The molecule has 0 aliphatic heterocycles. The van der Waals surface area contributed by atoms with Crippen molar-refractivity contribution in [2.75, 3.05) is 0 Å². The Morgan fingerprint density at radius 2 is 1.45 bits per heavy atom. The highest BCUT2D eigenvalue weighted by molar-refractivity contribution is 5.88. The Morgan fingerprint density at radius 3 is 1.59 bits per heavy atom. The molecule has 0 spiro atoms. The van der Waals surface area contributed by atoms with Crippen LogP contribution in [0.2, 0.25) is 0 Å². The van der Waals surface area contributed by atoms with Crippen LogP contribution in [0.15, 0.2) is 18.7 Å². The summed E-state index contributed by atoms with van der Waals surface area (Å²) >= 11 is 0. The van der Waals surface area contributed by atoms with Gasteiger partial charge < -0.3 is 36.3 Å². The molecule has 0 unspecified atom stereocenters. The van der Waals surface area contributed by atoms with Crippen LogP contribution in [-0.2, 0) is 14.4 Å². The summed E-state index contributed by atoms with van der Waals surface area (Å²) in [4.78, 5) is 45.7. The van der Waals surface area contributed by atoms with Gasteiger partial charge in [-0.3, -0.25) is 9.59 Å². The lowest BCUT2D eigenvalue weighted by Crippen LogP contribution is -2.42. The first-order chi connectivity index (χ1) is 10.0. The number of carboxylic acid groups (broad SMARTS) is 4. The summed E-state index contributed by atoms with van der Waals surface area (Å²) in [6, 6.07) is 0. The van der Waals surface area contributed by atoms with Gasteiger partial charge in [0.1, 0.15) is 0 Å². The number of nitrogens with one attached hydrogen (secondary N) is 1. The summed E-state index contributed by atoms with van der Waals surface area (Å²) < 4.78 is 0. The number of nitrogens with two attached hydrogens (primary N) is 1. The molecule has 0 radical (unpaired) electrons. The lowest BCUT2D eigenvalue weighted by atomic mass is 9.96. The van der Waals surface area contributed by atoms with Crippen LogP contribution in [-0.4, -0.2) is 65.1 Å². The molecular weight excluding hydrogens is 306 g/mol. The van der Waals surface area contributed by atoms with Crippen molar-refractivity contribution >= 4 is 24.0 Å². The highest BCUT2D eigenvalue weighted by atomic mass is 16.4. The Morgan fingerprint density at radius 1 is 1.05 bits per heavy atom. The number of carboxylic acids is 3. The van der Waals surface area contributed by atoms with Gasteiger partial charge in [-0.25, -0.2) is 14.6 Å². The van der Waals surface area contributed by atoms with Gasteiger partial charge in [0.15, 0.2) is 5.60 Å². The van der Waals surface area contributed by atoms with Gasteiger partial charge >= 0.3 is 24.0 Å². The minimum Gasteiger partial charge on any atom is -0.481 e. The zero-order chi connectivity index (χ0) is 17.8. The molecule has 124 valence electrons. The average molecular weight is 321 g/mol. The van der Waals surface area contributed by atoms with Crippen molar-refractivity contribution in [1.29, 1.82) is 0 Å². The van der Waals surface area contributed by atoms with Crippen molar-refractivity contribution < 1.29 is 44.7 Å². The van der Waals surface area contributed by atoms with Crippen LogP contribution in [0.5, 0.6) is 0 Å². The van der Waals surface area contributed by atoms with Crippen molar-refractivity contribution in [3.8, 4) is 0 Å². The molecule has 0 aliphatic carbocycles. The van der Waals surface area contributed by atoms with E-state index in [1.807, 2.05) is 0 Å². The van der Waals surface area contributed by atoms with Crippen molar-refractivity contribution in [2.24, 2.45) is 5.73 Å². The van der Waals surface area contributed by atoms with E-state index in [2.05, 4.69) is 15.7 Å². The Balaban J connectivity index is 0. The molecule has 1 aromatic rings. The second-order valence-corrected chi connectivity index (χ2v) is 3.58. The Labute approximate surface area is 122 Å². The molecule has 22 heavy (non-hydrogen) atoms. The molecule has 0 saturated heterocycles. The zero-order valence-corrected chi connectivity index (χ0v) is 11.0. The third-order valence-electron chi connectivity index (χ3n) is 1.69. The number of H-pyrrole nitrogens is 1. The summed E-state index contributed by atoms with van der Waals surface area (Å²) in [5.74, 6) is -5.02. The standard InChI is InChI=1S/C6H8O7.C3H4N2.CH3NO2/c7-3(8)1-6(13,5(11)12)2-4(9)10;1-2-5-3-4-1;2-1(3)4/h13H,1-2H2,(H,7,8)(H,9,10)(H,11,12);1-3H,(H,4,5);2H2,(H,3,4). The van der Waals surface area contributed by atoms with Gasteiger partial charge in [-0.05, 0) is 0 Å². The lowest BCUT2D eigenvalue weighted by molar-refractivity contribution is -0.170. The predicted molar refractivity (Wildman–Crippen MR) is 67.9 cm³/mol. The number of carbonyl (C=O) groups is 4. The Kier molecular flexibility index (Phi) is 10.2. The van der Waals surface area contributed by atoms with Gasteiger partial charge in [0.2, 0.25) is 0 Å². The monoisotopic (exact) mass is 321 g/mol. The van der Waals surface area contributed by atoms with E-state index in [0.717, 1.165) is 0 Å². The summed E-state index contributed by atoms with van der Waals surface area (Å²) in [6.45, 7) is 0. The summed E-state index contributed by atoms with van der Waals surface area (Å²) in [5.41, 5.74) is 1.29. The van der Waals surface area contributed by atoms with Gasteiger partial charge in [-0.2, -0.15) is 0 Å². The van der Waals surface area contributed by atoms with E-state index < -0.39 is 42.4 Å². The number of aromatic amines is 1. The van der Waals surface area contributed by atoms with Crippen LogP contribution in [0.4, 0.5) is 4.79 Å². The molecule has 0 aliphatic rings. The minimum absolute atomic E-state index is 1.14. The number of primary amides is 1. The molecule has 0 atom stereocenters. The first-order valence-electron chi connectivity index (χ1n) is 5.31. The number of nitrogens with zero attached hydrogens (tertiary/aromatic N) is 1. The Bertz CT molecular complexity index is 449. The van der Waals surface area contributed by atoms with Crippen LogP contribution in [0.1, 0.15) is 12.8 Å². The van der Waals surface area contributed by atoms with Crippen molar-refractivity contribution in [1.82, 2.24) is 9.97 Å². The minimum atomic E-state index is -2.74. The second kappa shape index (κ2) is 10.6. The third-order valence-corrected chi connectivity index (χ3v) is 1.69. The molecule has 1 rings (SSSR count). The quantitative estimate of drug-likeness (QED) is 0.342. The molecule has 1 heterocycles. The molecule has 12 heteroatoms. The van der Waals surface area contributed by atoms with Gasteiger partial charge in [0.05, 0.1) is 19.2 Å². The van der Waals surface area contributed by atoms with Gasteiger partial charge in [0.25, 0.3) is 0 Å². The molecular formula is C10H15N3O9. The first-order valence-corrected chi connectivity index (χ1v) is 5.31. The molecule has 1 amide bonds. The van der Waals surface area contributed by atoms with Crippen LogP contribution >= 0.6 is 0 Å². The predicted octanol–water partition coefficient (Wildman–Crippen LogP) is -1.22. The van der Waals surface area contributed by atoms with E-state index in [-0.39, 0.29) is 0 Å². The van der Waals surface area contributed by atoms with Crippen LogP contribution in [0.25, 0.3) is 0 Å². The van der Waals surface area contributed by atoms with Crippen LogP contribution in [0, 0.1) is 0 Å². The fourth-order valence-electron chi connectivity index (χ4n) is 0.929. The lowest BCUT2D eigenvalue weighted by Gasteiger charge is -2.18. The van der Waals surface area contributed by atoms with Crippen LogP contribution < -0.4 is 5.73 Å². The van der Waals surface area contributed by atoms with Gasteiger partial charge in [-0.15, -0.1) is 0 Å². The van der Waals surface area contributed by atoms with E-state index in [1.54, 1.807) is 18.7 Å². The number of amides is 1. The number of rotatable bonds is 5. The number of hydrogen-bond donors (Lipinski definition) is 7. The normalized spacial score (nSPS) is 9.32. The number of aliphatic carboxylic acids is 3. The van der Waals surface area contributed by atoms with Crippen LogP contribution in [0.3, 0.4) is 0 Å². The fourth-order valence-corrected chi connectivity index (χ4v) is 0.929. The molecule has 0 saturated carbocycles. The van der Waals surface area contributed by atoms with Crippen molar-refractivity contribution in [3.63, 3.8) is 0 Å². The van der Waals surface area contributed by atoms with E-state index >= 15 is 0 Å². The summed E-state index contributed by atoms with van der Waals surface area (Å²) in [5, 5.41) is 41.0. The van der Waals surface area contributed by atoms with Crippen molar-refractivity contribution in [2.45, 2.75) is 18.4 Å². The summed E-state index contributed by atoms with van der Waals surface area (Å²) in [6.07, 6.45) is 1.46. The fraction of sp³-hybridized carbons (Fsp3) is 0.300. The first kappa shape index (κ1) is 21.2. The molecule has 8 N–H and O–H groups in total. The largest absolute Gasteiger partial charge is 0.481 e. The smallest absolute Gasteiger partial charge is 0.402 e. The number of hydrogen-bond acceptors (Lipinski definition) is 6. The molecule has 12 nitrogen and oxygen atoms in total. The zero-order valence-electron chi connectivity index (χ0n) is 11.0. The van der Waals surface area contributed by atoms with Gasteiger partial charge in [0, 0.05) is 12.4 Å². The molecule has 0 aromatic carbocycles. The molecule has 0 fully saturated rings. The van der Waals surface area contributed by atoms with E-state index in [1.165, 1.54) is 0 Å². The van der Waals surface area contributed by atoms with E-state index in [4.69, 9.17) is 30.3 Å². The van der Waals surface area contributed by atoms with E-state index in [0.29, 0.717) is 0 Å². The SMILES string of the molecule is NC(=O)O.O=C(O)CC(O)(CC(=O)O)C(=O)O.c1c[nH]cn1. The maximum atomic E-state index is 10.3. The Hall–Kier alpha value is -3.15. The summed E-state index contributed by atoms with van der Waals surface area (Å²) in [7, 11) is 0. The number of aliphatic hydroxyl groups is 1. The van der Waals surface area contributed by atoms with Gasteiger partial charge in [-0.1, -0.05) is 0 Å². The average Bonchev–Trinajstić information content (AvgIpc) is 2.83. The van der Waals surface area contributed by atoms with Crippen molar-refractivity contribution in [3.05, 3.63) is 18.7 Å². The third kappa shape index (κ3) is 13.3. The topological polar surface area (TPSA) is 224 Å². The molecule has 0 bridgehead atoms. The highest BCUT2D eigenvalue weighted by Gasteiger charge is 2.40. The second-order valence-electron chi connectivity index (χ2n) is 3.58. The maximum absolute atomic E-state index is 10.3. The number of imidazole rings is 1. The maximum Gasteiger partial charge on any atom is 0.402 e. The highest BCUT2D eigenvalue weighted by Crippen LogP contribution is 2.15.